The van der Waals surface area contributed by atoms with Gasteiger partial charge in [0, 0.05) is 23.3 Å². The largest absolute Gasteiger partial charge is 0.381 e. The molecule has 21 heavy (non-hydrogen) atoms. The smallest absolute Gasteiger partial charge is 0.322 e. The molecule has 2 aliphatic rings. The number of urea groups is 1. The zero-order chi connectivity index (χ0) is 15.7. The topological polar surface area (TPSA) is 67.6 Å². The molecule has 0 radical (unpaired) electrons. The quantitative estimate of drug-likeness (QED) is 0.780. The number of nitrogens with zero attached hydrogens (tertiary/aromatic N) is 1. The van der Waals surface area contributed by atoms with Crippen LogP contribution < -0.4 is 11.1 Å². The second-order valence-corrected chi connectivity index (χ2v) is 7.49. The summed E-state index contributed by atoms with van der Waals surface area (Å²) >= 11 is 0. The summed E-state index contributed by atoms with van der Waals surface area (Å²) in [5.74, 6) is 0. The number of rotatable bonds is 1. The molecule has 0 unspecified atom stereocenters. The van der Waals surface area contributed by atoms with Crippen LogP contribution in [0.2, 0.25) is 0 Å². The number of amides is 2. The molecule has 0 bridgehead atoms. The van der Waals surface area contributed by atoms with Gasteiger partial charge in [-0.1, -0.05) is 0 Å². The lowest BCUT2D eigenvalue weighted by atomic mass is 9.77. The van der Waals surface area contributed by atoms with E-state index >= 15 is 0 Å². The molecule has 5 nitrogen and oxygen atoms in total. The van der Waals surface area contributed by atoms with Crippen LogP contribution in [0.3, 0.4) is 0 Å². The molecular formula is C16H29N3O2. The van der Waals surface area contributed by atoms with Gasteiger partial charge in [0.15, 0.2) is 0 Å². The van der Waals surface area contributed by atoms with Crippen molar-refractivity contribution >= 4 is 6.03 Å². The van der Waals surface area contributed by atoms with Gasteiger partial charge in [-0.3, -0.25) is 0 Å². The summed E-state index contributed by atoms with van der Waals surface area (Å²) in [5, 5.41) is 2.98. The molecule has 2 saturated heterocycles. The van der Waals surface area contributed by atoms with E-state index in [1.165, 1.54) is 5.57 Å². The third kappa shape index (κ3) is 3.77. The Bertz CT molecular complexity index is 403. The minimum Gasteiger partial charge on any atom is -0.381 e. The number of hydrogen-bond acceptors (Lipinski definition) is 3. The van der Waals surface area contributed by atoms with E-state index in [0.29, 0.717) is 0 Å². The average Bonchev–Trinajstić information content (AvgIpc) is 2.34. The molecule has 0 spiro atoms. The van der Waals surface area contributed by atoms with E-state index in [0.717, 1.165) is 38.9 Å². The molecule has 2 rings (SSSR count). The summed E-state index contributed by atoms with van der Waals surface area (Å²) in [5.41, 5.74) is 6.93. The highest BCUT2D eigenvalue weighted by Crippen LogP contribution is 2.37. The first-order valence-corrected chi connectivity index (χ1v) is 7.84. The van der Waals surface area contributed by atoms with Crippen molar-refractivity contribution in [2.75, 3.05) is 13.2 Å². The van der Waals surface area contributed by atoms with Gasteiger partial charge in [0.2, 0.25) is 0 Å². The van der Waals surface area contributed by atoms with Crippen molar-refractivity contribution in [3.05, 3.63) is 11.8 Å². The molecule has 0 saturated carbocycles. The van der Waals surface area contributed by atoms with Gasteiger partial charge in [-0.25, -0.2) is 4.79 Å². The van der Waals surface area contributed by atoms with Gasteiger partial charge >= 0.3 is 6.03 Å². The maximum Gasteiger partial charge on any atom is 0.322 e. The molecule has 5 heteroatoms. The van der Waals surface area contributed by atoms with Crippen LogP contribution in [0.5, 0.6) is 0 Å². The Morgan fingerprint density at radius 3 is 2.29 bits per heavy atom. The minimum absolute atomic E-state index is 0.0316. The molecule has 2 heterocycles. The third-order valence-electron chi connectivity index (χ3n) is 4.47. The monoisotopic (exact) mass is 295 g/mol. The van der Waals surface area contributed by atoms with E-state index in [4.69, 9.17) is 10.5 Å². The van der Waals surface area contributed by atoms with Gasteiger partial charge in [-0.05, 0) is 59.0 Å². The van der Waals surface area contributed by atoms with Crippen molar-refractivity contribution in [3.63, 3.8) is 0 Å². The number of carbonyl (C=O) groups excluding carboxylic acids is 1. The second kappa shape index (κ2) is 5.97. The molecule has 0 atom stereocenters. The zero-order valence-corrected chi connectivity index (χ0v) is 13.7. The van der Waals surface area contributed by atoms with Crippen molar-refractivity contribution in [1.29, 1.82) is 0 Å². The summed E-state index contributed by atoms with van der Waals surface area (Å²) in [4.78, 5) is 14.6. The fourth-order valence-electron chi connectivity index (χ4n) is 3.91. The number of nitrogens with two attached hydrogens (primary N) is 1. The highest BCUT2D eigenvalue weighted by Gasteiger charge is 2.46. The lowest BCUT2D eigenvalue weighted by Crippen LogP contribution is -2.66. The Kier molecular flexibility index (Phi) is 4.63. The Morgan fingerprint density at radius 2 is 1.76 bits per heavy atom. The fraction of sp³-hybridized carbons (Fsp3) is 0.812. The summed E-state index contributed by atoms with van der Waals surface area (Å²) in [6.45, 7) is 9.86. The SMILES string of the molecule is CC1(C)CC(N)CC(C)(C)N1C(=O)NC=C1CCOCC1. The van der Waals surface area contributed by atoms with Crippen LogP contribution in [0.4, 0.5) is 4.79 Å². The number of piperidine rings is 1. The maximum atomic E-state index is 12.7. The Balaban J connectivity index is 2.08. The summed E-state index contributed by atoms with van der Waals surface area (Å²) in [6, 6.07) is 0.115. The van der Waals surface area contributed by atoms with Crippen LogP contribution in [0.15, 0.2) is 11.8 Å². The van der Waals surface area contributed by atoms with Gasteiger partial charge in [0.25, 0.3) is 0 Å². The molecule has 2 amide bonds. The first-order chi connectivity index (χ1) is 9.72. The lowest BCUT2D eigenvalue weighted by molar-refractivity contribution is 0.00435. The Morgan fingerprint density at radius 1 is 1.24 bits per heavy atom. The number of ether oxygens (including phenoxy) is 1. The zero-order valence-electron chi connectivity index (χ0n) is 13.7. The van der Waals surface area contributed by atoms with Crippen LogP contribution in [0.1, 0.15) is 53.4 Å². The van der Waals surface area contributed by atoms with Crippen molar-refractivity contribution in [2.24, 2.45) is 5.73 Å². The number of likely N-dealkylation sites (tertiary alicyclic amines) is 1. The lowest BCUT2D eigenvalue weighted by Gasteiger charge is -2.54. The molecular weight excluding hydrogens is 266 g/mol. The highest BCUT2D eigenvalue weighted by molar-refractivity contribution is 5.77. The summed E-state index contributed by atoms with van der Waals surface area (Å²) in [6.07, 6.45) is 5.32. The first-order valence-electron chi connectivity index (χ1n) is 7.84. The Hall–Kier alpha value is -1.07. The van der Waals surface area contributed by atoms with Crippen LogP contribution in [0.25, 0.3) is 0 Å². The Labute approximate surface area is 127 Å². The summed E-state index contributed by atoms with van der Waals surface area (Å²) in [7, 11) is 0. The van der Waals surface area contributed by atoms with Gasteiger partial charge in [0.1, 0.15) is 0 Å². The van der Waals surface area contributed by atoms with Crippen LogP contribution in [-0.2, 0) is 4.74 Å². The normalized spacial score (nSPS) is 25.6. The summed E-state index contributed by atoms with van der Waals surface area (Å²) < 4.78 is 5.32. The molecule has 0 aromatic carbocycles. The van der Waals surface area contributed by atoms with Gasteiger partial charge < -0.3 is 20.7 Å². The number of hydrogen-bond donors (Lipinski definition) is 2. The average molecular weight is 295 g/mol. The van der Waals surface area contributed by atoms with Crippen LogP contribution >= 0.6 is 0 Å². The number of nitrogens with one attached hydrogen (secondary N) is 1. The predicted octanol–water partition coefficient (Wildman–Crippen LogP) is 2.37. The van der Waals surface area contributed by atoms with Crippen LogP contribution in [0, 0.1) is 0 Å². The molecule has 0 aromatic rings. The number of carbonyl (C=O) groups is 1. The fourth-order valence-corrected chi connectivity index (χ4v) is 3.91. The van der Waals surface area contributed by atoms with Gasteiger partial charge in [-0.2, -0.15) is 0 Å². The van der Waals surface area contributed by atoms with Crippen LogP contribution in [-0.4, -0.2) is 41.3 Å². The second-order valence-electron chi connectivity index (χ2n) is 7.49. The van der Waals surface area contributed by atoms with Crippen molar-refractivity contribution in [1.82, 2.24) is 10.2 Å². The van der Waals surface area contributed by atoms with Gasteiger partial charge in [0.05, 0.1) is 13.2 Å². The van der Waals surface area contributed by atoms with Crippen molar-refractivity contribution < 1.29 is 9.53 Å². The molecule has 2 fully saturated rings. The standard InChI is InChI=1S/C16H29N3O2/c1-15(2)9-13(17)10-16(3,4)19(15)14(20)18-11-12-5-7-21-8-6-12/h11,13H,5-10,17H2,1-4H3,(H,18,20). The molecule has 0 aliphatic carbocycles. The minimum atomic E-state index is -0.237. The third-order valence-corrected chi connectivity index (χ3v) is 4.47. The highest BCUT2D eigenvalue weighted by atomic mass is 16.5. The van der Waals surface area contributed by atoms with Crippen molar-refractivity contribution in [2.45, 2.75) is 70.5 Å². The molecule has 3 N–H and O–H groups in total. The van der Waals surface area contributed by atoms with E-state index in [1.54, 1.807) is 0 Å². The predicted molar refractivity (Wildman–Crippen MR) is 83.9 cm³/mol. The first kappa shape index (κ1) is 16.3. The maximum absolute atomic E-state index is 12.7. The molecule has 0 aromatic heterocycles. The van der Waals surface area contributed by atoms with E-state index in [2.05, 4.69) is 33.0 Å². The van der Waals surface area contributed by atoms with E-state index in [-0.39, 0.29) is 23.2 Å². The van der Waals surface area contributed by atoms with E-state index < -0.39 is 0 Å². The van der Waals surface area contributed by atoms with E-state index in [1.807, 2.05) is 11.1 Å². The molecule has 2 aliphatic heterocycles. The van der Waals surface area contributed by atoms with E-state index in [9.17, 15) is 4.79 Å². The van der Waals surface area contributed by atoms with Crippen molar-refractivity contribution in [3.8, 4) is 0 Å². The molecule has 120 valence electrons. The van der Waals surface area contributed by atoms with Gasteiger partial charge in [-0.15, -0.1) is 0 Å².